The fraction of sp³-hybridized carbons (Fsp3) is 0.0667. The Labute approximate surface area is 125 Å². The second kappa shape index (κ2) is 6.47. The molecule has 0 bridgehead atoms. The lowest BCUT2D eigenvalue weighted by Crippen LogP contribution is -2.10. The number of carbonyl (C=O) groups is 1. The van der Waals surface area contributed by atoms with Gasteiger partial charge in [-0.3, -0.25) is 4.79 Å². The van der Waals surface area contributed by atoms with Crippen LogP contribution in [0.4, 0.5) is 5.82 Å². The average molecular weight is 364 g/mol. The zero-order valence-electron chi connectivity index (χ0n) is 10.4. The van der Waals surface area contributed by atoms with Crippen molar-refractivity contribution in [1.82, 2.24) is 4.98 Å². The Morgan fingerprint density at radius 1 is 1.32 bits per heavy atom. The lowest BCUT2D eigenvalue weighted by molar-refractivity contribution is -0.111. The molecule has 0 spiro atoms. The maximum Gasteiger partial charge on any atom is 0.249 e. The van der Waals surface area contributed by atoms with Crippen LogP contribution in [0.25, 0.3) is 6.08 Å². The van der Waals surface area contributed by atoms with Crippen molar-refractivity contribution in [1.29, 1.82) is 0 Å². The van der Waals surface area contributed by atoms with Crippen LogP contribution in [0, 0.1) is 10.5 Å². The second-order valence-corrected chi connectivity index (χ2v) is 5.30. The van der Waals surface area contributed by atoms with Gasteiger partial charge in [0.15, 0.2) is 0 Å². The van der Waals surface area contributed by atoms with Crippen molar-refractivity contribution in [3.8, 4) is 0 Å². The second-order valence-electron chi connectivity index (χ2n) is 4.05. The Bertz CT molecular complexity index is 609. The largest absolute Gasteiger partial charge is 0.307 e. The Hall–Kier alpha value is -1.69. The number of rotatable bonds is 3. The fourth-order valence-electron chi connectivity index (χ4n) is 1.57. The third-order valence-corrected chi connectivity index (χ3v) is 3.10. The number of nitrogens with zero attached hydrogens (tertiary/aromatic N) is 1. The first-order valence-corrected chi connectivity index (χ1v) is 6.89. The van der Waals surface area contributed by atoms with E-state index in [0.29, 0.717) is 5.82 Å². The summed E-state index contributed by atoms with van der Waals surface area (Å²) in [6.45, 7) is 1.92. The molecule has 0 saturated carbocycles. The molecule has 0 saturated heterocycles. The number of hydrogen-bond donors (Lipinski definition) is 1. The van der Waals surface area contributed by atoms with Gasteiger partial charge in [-0.05, 0) is 52.8 Å². The van der Waals surface area contributed by atoms with Gasteiger partial charge in [0, 0.05) is 15.8 Å². The van der Waals surface area contributed by atoms with E-state index in [0.717, 1.165) is 14.7 Å². The van der Waals surface area contributed by atoms with Gasteiger partial charge in [-0.1, -0.05) is 30.3 Å². The van der Waals surface area contributed by atoms with Crippen LogP contribution >= 0.6 is 22.6 Å². The van der Waals surface area contributed by atoms with Crippen molar-refractivity contribution in [3.05, 3.63) is 63.4 Å². The van der Waals surface area contributed by atoms with E-state index in [-0.39, 0.29) is 5.91 Å². The number of aromatic nitrogens is 1. The van der Waals surface area contributed by atoms with E-state index in [1.807, 2.05) is 43.3 Å². The molecule has 0 unspecified atom stereocenters. The minimum Gasteiger partial charge on any atom is -0.307 e. The summed E-state index contributed by atoms with van der Waals surface area (Å²) in [6.07, 6.45) is 5.01. The van der Waals surface area contributed by atoms with Crippen LogP contribution in [-0.2, 0) is 4.79 Å². The highest BCUT2D eigenvalue weighted by atomic mass is 127. The number of carbonyl (C=O) groups excluding carboxylic acids is 1. The minimum atomic E-state index is -0.180. The molecule has 2 rings (SSSR count). The zero-order chi connectivity index (χ0) is 13.7. The Morgan fingerprint density at radius 3 is 2.74 bits per heavy atom. The maximum atomic E-state index is 11.8. The van der Waals surface area contributed by atoms with Crippen molar-refractivity contribution >= 4 is 40.4 Å². The van der Waals surface area contributed by atoms with E-state index in [1.165, 1.54) is 6.08 Å². The van der Waals surface area contributed by atoms with Crippen molar-refractivity contribution in [2.75, 3.05) is 5.32 Å². The topological polar surface area (TPSA) is 42.0 Å². The van der Waals surface area contributed by atoms with Gasteiger partial charge in [-0.2, -0.15) is 0 Å². The molecule has 0 aliphatic heterocycles. The molecule has 19 heavy (non-hydrogen) atoms. The molecule has 4 heteroatoms. The normalized spacial score (nSPS) is 10.6. The first-order valence-electron chi connectivity index (χ1n) is 5.81. The Kier molecular flexibility index (Phi) is 4.68. The predicted molar refractivity (Wildman–Crippen MR) is 85.8 cm³/mol. The monoisotopic (exact) mass is 364 g/mol. The number of nitrogens with one attached hydrogen (secondary N) is 1. The first kappa shape index (κ1) is 13.7. The number of anilines is 1. The molecule has 0 fully saturated rings. The Morgan fingerprint density at radius 2 is 2.05 bits per heavy atom. The van der Waals surface area contributed by atoms with Crippen LogP contribution in [-0.4, -0.2) is 10.9 Å². The highest BCUT2D eigenvalue weighted by molar-refractivity contribution is 14.1. The van der Waals surface area contributed by atoms with Crippen LogP contribution < -0.4 is 5.32 Å². The van der Waals surface area contributed by atoms with Gasteiger partial charge >= 0.3 is 0 Å². The number of amides is 1. The minimum absolute atomic E-state index is 0.180. The van der Waals surface area contributed by atoms with E-state index in [9.17, 15) is 4.79 Å². The molecule has 1 heterocycles. The predicted octanol–water partition coefficient (Wildman–Crippen LogP) is 3.65. The highest BCUT2D eigenvalue weighted by Gasteiger charge is 2.03. The van der Waals surface area contributed by atoms with E-state index in [2.05, 4.69) is 32.9 Å². The molecule has 0 aliphatic carbocycles. The third kappa shape index (κ3) is 4.17. The maximum absolute atomic E-state index is 11.8. The van der Waals surface area contributed by atoms with E-state index in [1.54, 1.807) is 12.3 Å². The van der Waals surface area contributed by atoms with E-state index >= 15 is 0 Å². The number of halogens is 1. The van der Waals surface area contributed by atoms with E-state index in [4.69, 9.17) is 0 Å². The lowest BCUT2D eigenvalue weighted by Gasteiger charge is -2.05. The standard InChI is InChI=1S/C15H13IN2O/c1-11-9-13(16)10-17-15(11)18-14(19)8-7-12-5-3-2-4-6-12/h2-10H,1H3,(H,17,18,19)/b8-7+. The van der Waals surface area contributed by atoms with Gasteiger partial charge < -0.3 is 5.32 Å². The van der Waals surface area contributed by atoms with Gasteiger partial charge in [0.1, 0.15) is 5.82 Å². The van der Waals surface area contributed by atoms with Crippen molar-refractivity contribution in [2.24, 2.45) is 0 Å². The van der Waals surface area contributed by atoms with Crippen LogP contribution in [0.15, 0.2) is 48.7 Å². The SMILES string of the molecule is Cc1cc(I)cnc1NC(=O)/C=C/c1ccccc1. The molecule has 1 amide bonds. The van der Waals surface area contributed by atoms with Gasteiger partial charge in [-0.15, -0.1) is 0 Å². The zero-order valence-corrected chi connectivity index (χ0v) is 12.6. The summed E-state index contributed by atoms with van der Waals surface area (Å²) in [6, 6.07) is 11.7. The number of aryl methyl sites for hydroxylation is 1. The number of hydrogen-bond acceptors (Lipinski definition) is 2. The molecule has 0 radical (unpaired) electrons. The number of benzene rings is 1. The van der Waals surface area contributed by atoms with Crippen LogP contribution in [0.5, 0.6) is 0 Å². The van der Waals surface area contributed by atoms with Crippen LogP contribution in [0.1, 0.15) is 11.1 Å². The summed E-state index contributed by atoms with van der Waals surface area (Å²) >= 11 is 2.19. The van der Waals surface area contributed by atoms with Crippen molar-refractivity contribution < 1.29 is 4.79 Å². The summed E-state index contributed by atoms with van der Waals surface area (Å²) in [5.41, 5.74) is 1.94. The molecule has 0 atom stereocenters. The number of pyridine rings is 1. The highest BCUT2D eigenvalue weighted by Crippen LogP contribution is 2.14. The quantitative estimate of drug-likeness (QED) is 0.668. The fourth-order valence-corrected chi connectivity index (χ4v) is 2.17. The van der Waals surface area contributed by atoms with Gasteiger partial charge in [-0.25, -0.2) is 4.98 Å². The molecule has 96 valence electrons. The van der Waals surface area contributed by atoms with Crippen molar-refractivity contribution in [3.63, 3.8) is 0 Å². The molecule has 3 nitrogen and oxygen atoms in total. The summed E-state index contributed by atoms with van der Waals surface area (Å²) < 4.78 is 1.05. The Balaban J connectivity index is 2.04. The molecule has 2 aromatic rings. The first-order chi connectivity index (χ1) is 9.15. The molecule has 1 aromatic heterocycles. The lowest BCUT2D eigenvalue weighted by atomic mass is 10.2. The molecular formula is C15H13IN2O. The summed E-state index contributed by atoms with van der Waals surface area (Å²) in [5.74, 6) is 0.420. The average Bonchev–Trinajstić information content (AvgIpc) is 2.41. The molecular weight excluding hydrogens is 351 g/mol. The van der Waals surface area contributed by atoms with Crippen LogP contribution in [0.2, 0.25) is 0 Å². The smallest absolute Gasteiger partial charge is 0.249 e. The van der Waals surface area contributed by atoms with Crippen molar-refractivity contribution in [2.45, 2.75) is 6.92 Å². The van der Waals surface area contributed by atoms with E-state index < -0.39 is 0 Å². The van der Waals surface area contributed by atoms with Gasteiger partial charge in [0.05, 0.1) is 0 Å². The van der Waals surface area contributed by atoms with Crippen LogP contribution in [0.3, 0.4) is 0 Å². The summed E-state index contributed by atoms with van der Waals surface area (Å²) in [4.78, 5) is 16.0. The summed E-state index contributed by atoms with van der Waals surface area (Å²) in [5, 5.41) is 2.77. The molecule has 1 N–H and O–H groups in total. The molecule has 0 aliphatic rings. The van der Waals surface area contributed by atoms with Gasteiger partial charge in [0.25, 0.3) is 0 Å². The third-order valence-electron chi connectivity index (χ3n) is 2.51. The molecule has 1 aromatic carbocycles. The van der Waals surface area contributed by atoms with Gasteiger partial charge in [0.2, 0.25) is 5.91 Å². The summed E-state index contributed by atoms with van der Waals surface area (Å²) in [7, 11) is 0.